The van der Waals surface area contributed by atoms with E-state index in [0.29, 0.717) is 45.9 Å². The van der Waals surface area contributed by atoms with Gasteiger partial charge in [0.2, 0.25) is 5.88 Å². The van der Waals surface area contributed by atoms with Crippen LogP contribution in [0.2, 0.25) is 5.02 Å². The Hall–Kier alpha value is -3.76. The molecule has 0 radical (unpaired) electrons. The normalized spacial score (nSPS) is 13.5. The Morgan fingerprint density at radius 2 is 1.78 bits per heavy atom. The summed E-state index contributed by atoms with van der Waals surface area (Å²) in [6.45, 7) is 2.52. The molecule has 2 aromatic heterocycles. The molecular formula is C30H29ClF4N4O2. The molecule has 0 spiro atoms. The quantitative estimate of drug-likeness (QED) is 0.128. The molecule has 0 bridgehead atoms. The molecule has 4 rings (SSSR count). The molecule has 11 heteroatoms. The van der Waals surface area contributed by atoms with Crippen LogP contribution in [0.4, 0.5) is 17.6 Å². The third-order valence-corrected chi connectivity index (χ3v) is 7.02. The maximum atomic E-state index is 13.5. The summed E-state index contributed by atoms with van der Waals surface area (Å²) in [6, 6.07) is 13.0. The predicted octanol–water partition coefficient (Wildman–Crippen LogP) is 6.65. The van der Waals surface area contributed by atoms with Crippen LogP contribution in [0, 0.1) is 5.82 Å². The minimum Gasteiger partial charge on any atom is -0.481 e. The maximum absolute atomic E-state index is 13.5. The summed E-state index contributed by atoms with van der Waals surface area (Å²) in [5.74, 6) is -0.0662. The second kappa shape index (κ2) is 12.4. The van der Waals surface area contributed by atoms with Crippen LogP contribution in [0.5, 0.6) is 5.88 Å². The van der Waals surface area contributed by atoms with E-state index in [1.165, 1.54) is 25.3 Å². The number of fused-ring (bicyclic) bond motifs is 1. The lowest BCUT2D eigenvalue weighted by atomic mass is 9.85. The van der Waals surface area contributed by atoms with Crippen molar-refractivity contribution in [2.75, 3.05) is 27.2 Å². The van der Waals surface area contributed by atoms with E-state index in [-0.39, 0.29) is 17.9 Å². The SMILES string of the molecule is CCCN=CN(C)CC(O)(c1ccc(C(F)(F)F)nc1)c1ccc2nc(OC)c(Cc3ccc(F)cc3)c(Cl)c2c1. The molecule has 0 amide bonds. The minimum atomic E-state index is -4.62. The molecule has 0 aliphatic carbocycles. The number of halogens is 5. The van der Waals surface area contributed by atoms with Gasteiger partial charge in [-0.05, 0) is 47.9 Å². The zero-order valence-electron chi connectivity index (χ0n) is 22.7. The van der Waals surface area contributed by atoms with E-state index < -0.39 is 17.5 Å². The van der Waals surface area contributed by atoms with Crippen LogP contribution in [0.15, 0.2) is 65.8 Å². The van der Waals surface area contributed by atoms with Gasteiger partial charge in [-0.3, -0.25) is 9.98 Å². The van der Waals surface area contributed by atoms with Crippen LogP contribution < -0.4 is 4.74 Å². The standard InChI is InChI=1S/C30H29ClF4N4O2/c1-4-13-36-18-39(2)17-29(40,21-8-12-26(37-16-21)30(33,34)35)20-7-11-25-23(15-20)27(31)24(28(38-25)41-3)14-19-5-9-22(32)10-6-19/h5-12,15-16,18,40H,4,13-14,17H2,1-3H3. The van der Waals surface area contributed by atoms with E-state index in [4.69, 9.17) is 16.3 Å². The van der Waals surface area contributed by atoms with Gasteiger partial charge >= 0.3 is 6.18 Å². The number of aliphatic hydroxyl groups is 1. The fourth-order valence-electron chi connectivity index (χ4n) is 4.51. The molecule has 0 saturated heterocycles. The zero-order chi connectivity index (χ0) is 29.8. The van der Waals surface area contributed by atoms with Crippen molar-refractivity contribution < 1.29 is 27.4 Å². The van der Waals surface area contributed by atoms with Gasteiger partial charge in [-0.1, -0.05) is 42.8 Å². The molecule has 0 aliphatic heterocycles. The lowest BCUT2D eigenvalue weighted by Gasteiger charge is -2.33. The molecule has 41 heavy (non-hydrogen) atoms. The number of rotatable bonds is 10. The fourth-order valence-corrected chi connectivity index (χ4v) is 4.81. The van der Waals surface area contributed by atoms with Crippen molar-refractivity contribution in [2.24, 2.45) is 4.99 Å². The largest absolute Gasteiger partial charge is 0.481 e. The Balaban J connectivity index is 1.84. The van der Waals surface area contributed by atoms with E-state index >= 15 is 0 Å². The van der Waals surface area contributed by atoms with Gasteiger partial charge in [-0.25, -0.2) is 9.37 Å². The lowest BCUT2D eigenvalue weighted by Crippen LogP contribution is -2.40. The fraction of sp³-hybridized carbons (Fsp3) is 0.300. The van der Waals surface area contributed by atoms with E-state index in [1.807, 2.05) is 6.92 Å². The molecule has 1 N–H and O–H groups in total. The summed E-state index contributed by atoms with van der Waals surface area (Å²) in [6.07, 6.45) is -0.885. The van der Waals surface area contributed by atoms with Crippen molar-refractivity contribution in [3.05, 3.63) is 99.6 Å². The first-order valence-electron chi connectivity index (χ1n) is 12.8. The molecule has 0 fully saturated rings. The molecule has 1 atom stereocenters. The van der Waals surface area contributed by atoms with E-state index in [1.54, 1.807) is 48.6 Å². The molecule has 1 unspecified atom stereocenters. The third-order valence-electron chi connectivity index (χ3n) is 6.58. The number of hydrogen-bond donors (Lipinski definition) is 1. The van der Waals surface area contributed by atoms with Gasteiger partial charge in [0.05, 0.1) is 30.5 Å². The molecule has 4 aromatic rings. The summed E-state index contributed by atoms with van der Waals surface area (Å²) in [5.41, 5.74) is -0.501. The molecular weight excluding hydrogens is 560 g/mol. The summed E-state index contributed by atoms with van der Waals surface area (Å²) >= 11 is 6.89. The number of alkyl halides is 3. The van der Waals surface area contributed by atoms with Gasteiger partial charge in [-0.2, -0.15) is 13.2 Å². The van der Waals surface area contributed by atoms with Crippen molar-refractivity contribution in [3.8, 4) is 5.88 Å². The van der Waals surface area contributed by atoms with Gasteiger partial charge in [0, 0.05) is 42.7 Å². The van der Waals surface area contributed by atoms with Crippen LogP contribution >= 0.6 is 11.6 Å². The molecule has 6 nitrogen and oxygen atoms in total. The van der Waals surface area contributed by atoms with Crippen LogP contribution in [0.3, 0.4) is 0 Å². The van der Waals surface area contributed by atoms with Crippen molar-refractivity contribution in [1.82, 2.24) is 14.9 Å². The molecule has 0 saturated carbocycles. The third kappa shape index (κ3) is 6.77. The highest BCUT2D eigenvalue weighted by Crippen LogP contribution is 2.38. The Morgan fingerprint density at radius 3 is 2.39 bits per heavy atom. The molecule has 2 heterocycles. The van der Waals surface area contributed by atoms with Crippen molar-refractivity contribution in [1.29, 1.82) is 0 Å². The number of benzene rings is 2. The Kier molecular flexibility index (Phi) is 9.14. The van der Waals surface area contributed by atoms with Gasteiger partial charge < -0.3 is 14.7 Å². The summed E-state index contributed by atoms with van der Waals surface area (Å²) in [5, 5.41) is 12.9. The topological polar surface area (TPSA) is 70.8 Å². The number of pyridine rings is 2. The van der Waals surface area contributed by atoms with Crippen molar-refractivity contribution >= 4 is 28.8 Å². The number of aromatic nitrogens is 2. The molecule has 0 aliphatic rings. The monoisotopic (exact) mass is 588 g/mol. The first kappa shape index (κ1) is 30.2. The first-order chi connectivity index (χ1) is 19.5. The summed E-state index contributed by atoms with van der Waals surface area (Å²) in [4.78, 5) is 14.1. The average molecular weight is 589 g/mol. The first-order valence-corrected chi connectivity index (χ1v) is 13.2. The van der Waals surface area contributed by atoms with Crippen molar-refractivity contribution in [2.45, 2.75) is 31.5 Å². The molecule has 216 valence electrons. The number of aliphatic imine (C=N–C) groups is 1. The van der Waals surface area contributed by atoms with Gasteiger partial charge in [0.1, 0.15) is 17.1 Å². The minimum absolute atomic E-state index is 0.0393. The molecule has 2 aromatic carbocycles. The van der Waals surface area contributed by atoms with E-state index in [2.05, 4.69) is 15.0 Å². The predicted molar refractivity (Wildman–Crippen MR) is 151 cm³/mol. The Labute approximate surface area is 240 Å². The number of hydrogen-bond acceptors (Lipinski definition) is 5. The van der Waals surface area contributed by atoms with Crippen molar-refractivity contribution in [3.63, 3.8) is 0 Å². The lowest BCUT2D eigenvalue weighted by molar-refractivity contribution is -0.141. The number of nitrogens with zero attached hydrogens (tertiary/aromatic N) is 4. The van der Waals surface area contributed by atoms with Crippen LogP contribution in [-0.4, -0.2) is 53.6 Å². The number of likely N-dealkylation sites (N-methyl/N-ethyl adjacent to an activating group) is 1. The van der Waals surface area contributed by atoms with E-state index in [9.17, 15) is 22.7 Å². The highest BCUT2D eigenvalue weighted by Gasteiger charge is 2.37. The summed E-state index contributed by atoms with van der Waals surface area (Å²) in [7, 11) is 3.18. The highest BCUT2D eigenvalue weighted by atomic mass is 35.5. The Morgan fingerprint density at radius 1 is 1.07 bits per heavy atom. The zero-order valence-corrected chi connectivity index (χ0v) is 23.5. The van der Waals surface area contributed by atoms with Gasteiger partial charge in [-0.15, -0.1) is 0 Å². The van der Waals surface area contributed by atoms with Gasteiger partial charge in [0.15, 0.2) is 0 Å². The van der Waals surface area contributed by atoms with Gasteiger partial charge in [0.25, 0.3) is 0 Å². The van der Waals surface area contributed by atoms with E-state index in [0.717, 1.165) is 24.2 Å². The second-order valence-electron chi connectivity index (χ2n) is 9.68. The average Bonchev–Trinajstić information content (AvgIpc) is 2.95. The van der Waals surface area contributed by atoms with Crippen LogP contribution in [-0.2, 0) is 18.2 Å². The second-order valence-corrected chi connectivity index (χ2v) is 10.1. The Bertz CT molecular complexity index is 1530. The maximum Gasteiger partial charge on any atom is 0.433 e. The van der Waals surface area contributed by atoms with Crippen LogP contribution in [0.1, 0.15) is 41.3 Å². The van der Waals surface area contributed by atoms with Crippen LogP contribution in [0.25, 0.3) is 10.9 Å². The highest BCUT2D eigenvalue weighted by molar-refractivity contribution is 6.36. The summed E-state index contributed by atoms with van der Waals surface area (Å²) < 4.78 is 58.6. The number of ether oxygens (including phenoxy) is 1. The smallest absolute Gasteiger partial charge is 0.433 e. The number of methoxy groups -OCH3 is 1.